The van der Waals surface area contributed by atoms with Gasteiger partial charge in [-0.25, -0.2) is 4.79 Å². The van der Waals surface area contributed by atoms with Crippen LogP contribution in [0.3, 0.4) is 0 Å². The molecule has 0 fully saturated rings. The fourth-order valence-electron chi connectivity index (χ4n) is 2.59. The monoisotopic (exact) mass is 371 g/mol. The van der Waals surface area contributed by atoms with Gasteiger partial charge in [-0.05, 0) is 36.6 Å². The van der Waals surface area contributed by atoms with Gasteiger partial charge in [0.05, 0.1) is 25.0 Å². The molecular formula is C21H25NO5. The molecular weight excluding hydrogens is 346 g/mol. The van der Waals surface area contributed by atoms with Gasteiger partial charge in [-0.2, -0.15) is 0 Å². The quantitative estimate of drug-likeness (QED) is 0.613. The van der Waals surface area contributed by atoms with Gasteiger partial charge in [-0.1, -0.05) is 31.5 Å². The molecule has 144 valence electrons. The van der Waals surface area contributed by atoms with Crippen molar-refractivity contribution in [2.24, 2.45) is 0 Å². The number of carbonyl (C=O) groups excluding carboxylic acids is 1. The predicted molar refractivity (Wildman–Crippen MR) is 104 cm³/mol. The second-order valence-electron chi connectivity index (χ2n) is 6.07. The molecule has 0 spiro atoms. The molecule has 6 nitrogen and oxygen atoms in total. The fourth-order valence-corrected chi connectivity index (χ4v) is 2.59. The number of anilines is 1. The highest BCUT2D eigenvalue weighted by Crippen LogP contribution is 2.29. The fraction of sp³-hybridized carbons (Fsp3) is 0.333. The summed E-state index contributed by atoms with van der Waals surface area (Å²) < 4.78 is 11.0. The lowest BCUT2D eigenvalue weighted by atomic mass is 10.0. The lowest BCUT2D eigenvalue weighted by Crippen LogP contribution is -2.14. The Morgan fingerprint density at radius 1 is 1.15 bits per heavy atom. The van der Waals surface area contributed by atoms with E-state index in [1.54, 1.807) is 43.5 Å². The van der Waals surface area contributed by atoms with Crippen LogP contribution in [0.4, 0.5) is 5.69 Å². The van der Waals surface area contributed by atoms with Gasteiger partial charge in [-0.15, -0.1) is 0 Å². The SMILES string of the molecule is CCCCOc1ccc(OC)cc1NC(=O)CCc1ccccc1C(=O)O. The van der Waals surface area contributed by atoms with Crippen LogP contribution in [0.1, 0.15) is 42.1 Å². The lowest BCUT2D eigenvalue weighted by Gasteiger charge is -2.14. The summed E-state index contributed by atoms with van der Waals surface area (Å²) in [6, 6.07) is 12.0. The molecule has 2 N–H and O–H groups in total. The summed E-state index contributed by atoms with van der Waals surface area (Å²) in [5, 5.41) is 12.1. The molecule has 2 aromatic carbocycles. The van der Waals surface area contributed by atoms with Crippen molar-refractivity contribution in [1.82, 2.24) is 0 Å². The number of amides is 1. The molecule has 0 aromatic heterocycles. The molecule has 2 rings (SSSR count). The number of unbranched alkanes of at least 4 members (excludes halogenated alkanes) is 1. The Morgan fingerprint density at radius 2 is 1.93 bits per heavy atom. The largest absolute Gasteiger partial charge is 0.497 e. The number of aryl methyl sites for hydroxylation is 1. The van der Waals surface area contributed by atoms with E-state index in [-0.39, 0.29) is 17.9 Å². The Morgan fingerprint density at radius 3 is 2.63 bits per heavy atom. The maximum atomic E-state index is 12.4. The van der Waals surface area contributed by atoms with Gasteiger partial charge < -0.3 is 19.9 Å². The van der Waals surface area contributed by atoms with Crippen molar-refractivity contribution >= 4 is 17.6 Å². The number of carboxylic acid groups (broad SMARTS) is 1. The van der Waals surface area contributed by atoms with Crippen LogP contribution in [0.25, 0.3) is 0 Å². The number of carboxylic acids is 1. The first-order chi connectivity index (χ1) is 13.0. The van der Waals surface area contributed by atoms with E-state index in [0.29, 0.717) is 35.8 Å². The molecule has 27 heavy (non-hydrogen) atoms. The summed E-state index contributed by atoms with van der Waals surface area (Å²) in [7, 11) is 1.56. The minimum Gasteiger partial charge on any atom is -0.497 e. The van der Waals surface area contributed by atoms with E-state index in [1.165, 1.54) is 6.07 Å². The third-order valence-electron chi connectivity index (χ3n) is 4.09. The Hall–Kier alpha value is -3.02. The number of benzene rings is 2. The standard InChI is InChI=1S/C21H25NO5/c1-3-4-13-27-19-11-10-16(26-2)14-18(19)22-20(23)12-9-15-7-5-6-8-17(15)21(24)25/h5-8,10-11,14H,3-4,9,12-13H2,1-2H3,(H,22,23)(H,24,25). The zero-order valence-corrected chi connectivity index (χ0v) is 15.7. The molecule has 2 aromatic rings. The molecule has 0 aliphatic rings. The van der Waals surface area contributed by atoms with E-state index in [2.05, 4.69) is 12.2 Å². The van der Waals surface area contributed by atoms with Crippen molar-refractivity contribution in [3.8, 4) is 11.5 Å². The first kappa shape index (κ1) is 20.3. The third kappa shape index (κ3) is 6.02. The second kappa shape index (κ2) is 10.2. The maximum Gasteiger partial charge on any atom is 0.335 e. The summed E-state index contributed by atoms with van der Waals surface area (Å²) in [5.41, 5.74) is 1.39. The number of carbonyl (C=O) groups is 2. The molecule has 0 aliphatic carbocycles. The van der Waals surface area contributed by atoms with E-state index in [9.17, 15) is 14.7 Å². The summed E-state index contributed by atoms with van der Waals surface area (Å²) in [4.78, 5) is 23.7. The summed E-state index contributed by atoms with van der Waals surface area (Å²) in [5.74, 6) is -0.0119. The van der Waals surface area contributed by atoms with Crippen LogP contribution in [-0.2, 0) is 11.2 Å². The molecule has 0 unspecified atom stereocenters. The zero-order chi connectivity index (χ0) is 19.6. The predicted octanol–water partition coefficient (Wildman–Crippen LogP) is 4.14. The van der Waals surface area contributed by atoms with Gasteiger partial charge in [0.1, 0.15) is 11.5 Å². The Labute approximate surface area is 159 Å². The molecule has 0 bridgehead atoms. The van der Waals surface area contributed by atoms with Crippen molar-refractivity contribution in [3.05, 3.63) is 53.6 Å². The Kier molecular flexibility index (Phi) is 7.67. The molecule has 0 atom stereocenters. The highest BCUT2D eigenvalue weighted by atomic mass is 16.5. The van der Waals surface area contributed by atoms with Gasteiger partial charge in [0.15, 0.2) is 0 Å². The highest BCUT2D eigenvalue weighted by Gasteiger charge is 2.13. The van der Waals surface area contributed by atoms with Gasteiger partial charge in [0.2, 0.25) is 5.91 Å². The van der Waals surface area contributed by atoms with Crippen molar-refractivity contribution in [1.29, 1.82) is 0 Å². The van der Waals surface area contributed by atoms with Gasteiger partial charge in [0, 0.05) is 12.5 Å². The number of hydrogen-bond donors (Lipinski definition) is 2. The average Bonchev–Trinajstić information content (AvgIpc) is 2.67. The van der Waals surface area contributed by atoms with E-state index in [0.717, 1.165) is 12.8 Å². The van der Waals surface area contributed by atoms with Crippen LogP contribution in [0, 0.1) is 0 Å². The highest BCUT2D eigenvalue weighted by molar-refractivity contribution is 5.93. The molecule has 0 radical (unpaired) electrons. The third-order valence-corrected chi connectivity index (χ3v) is 4.09. The normalized spacial score (nSPS) is 10.3. The number of rotatable bonds is 10. The summed E-state index contributed by atoms with van der Waals surface area (Å²) in [6.07, 6.45) is 2.44. The van der Waals surface area contributed by atoms with Crippen molar-refractivity contribution in [2.45, 2.75) is 32.6 Å². The van der Waals surface area contributed by atoms with Crippen LogP contribution in [-0.4, -0.2) is 30.7 Å². The molecule has 0 saturated heterocycles. The first-order valence-electron chi connectivity index (χ1n) is 8.97. The van der Waals surface area contributed by atoms with Crippen LogP contribution in [0.2, 0.25) is 0 Å². The topological polar surface area (TPSA) is 84.9 Å². The van der Waals surface area contributed by atoms with E-state index < -0.39 is 5.97 Å². The Balaban J connectivity index is 2.05. The molecule has 1 amide bonds. The number of methoxy groups -OCH3 is 1. The summed E-state index contributed by atoms with van der Waals surface area (Å²) in [6.45, 7) is 2.65. The Bertz CT molecular complexity index is 788. The maximum absolute atomic E-state index is 12.4. The number of nitrogens with one attached hydrogen (secondary N) is 1. The van der Waals surface area contributed by atoms with Gasteiger partial charge in [-0.3, -0.25) is 4.79 Å². The van der Waals surface area contributed by atoms with E-state index in [1.807, 2.05) is 0 Å². The number of ether oxygens (including phenoxy) is 2. The summed E-state index contributed by atoms with van der Waals surface area (Å²) >= 11 is 0. The van der Waals surface area contributed by atoms with Gasteiger partial charge >= 0.3 is 5.97 Å². The number of hydrogen-bond acceptors (Lipinski definition) is 4. The van der Waals surface area contributed by atoms with Crippen LogP contribution < -0.4 is 14.8 Å². The van der Waals surface area contributed by atoms with Crippen LogP contribution in [0.15, 0.2) is 42.5 Å². The molecule has 0 aliphatic heterocycles. The van der Waals surface area contributed by atoms with E-state index >= 15 is 0 Å². The van der Waals surface area contributed by atoms with Crippen molar-refractivity contribution in [3.63, 3.8) is 0 Å². The molecule has 0 saturated carbocycles. The average molecular weight is 371 g/mol. The van der Waals surface area contributed by atoms with Gasteiger partial charge in [0.25, 0.3) is 0 Å². The van der Waals surface area contributed by atoms with Crippen LogP contribution >= 0.6 is 0 Å². The van der Waals surface area contributed by atoms with Crippen molar-refractivity contribution < 1.29 is 24.2 Å². The molecule has 0 heterocycles. The minimum absolute atomic E-state index is 0.163. The lowest BCUT2D eigenvalue weighted by molar-refractivity contribution is -0.116. The first-order valence-corrected chi connectivity index (χ1v) is 8.97. The second-order valence-corrected chi connectivity index (χ2v) is 6.07. The zero-order valence-electron chi connectivity index (χ0n) is 15.7. The van der Waals surface area contributed by atoms with Crippen LogP contribution in [0.5, 0.6) is 11.5 Å². The van der Waals surface area contributed by atoms with Crippen molar-refractivity contribution in [2.75, 3.05) is 19.0 Å². The smallest absolute Gasteiger partial charge is 0.335 e. The minimum atomic E-state index is -0.995. The van der Waals surface area contributed by atoms with E-state index in [4.69, 9.17) is 9.47 Å². The number of aromatic carboxylic acids is 1. The molecule has 6 heteroatoms.